The van der Waals surface area contributed by atoms with Crippen molar-refractivity contribution < 1.29 is 13.6 Å². The lowest BCUT2D eigenvalue weighted by Crippen LogP contribution is -2.14. The number of thioether (sulfide) groups is 1. The quantitative estimate of drug-likeness (QED) is 0.602. The van der Waals surface area contributed by atoms with Crippen LogP contribution in [0.4, 0.5) is 10.1 Å². The number of fused-ring (bicyclic) bond motifs is 1. The summed E-state index contributed by atoms with van der Waals surface area (Å²) in [7, 11) is 0. The molecule has 27 heavy (non-hydrogen) atoms. The molecule has 0 saturated carbocycles. The van der Waals surface area contributed by atoms with E-state index in [1.165, 1.54) is 36.0 Å². The first kappa shape index (κ1) is 19.5. The molecular formula is C20H17ClFNO3S. The van der Waals surface area contributed by atoms with Gasteiger partial charge in [-0.15, -0.1) is 11.8 Å². The zero-order valence-electron chi connectivity index (χ0n) is 14.8. The van der Waals surface area contributed by atoms with Crippen molar-refractivity contribution in [1.82, 2.24) is 0 Å². The van der Waals surface area contributed by atoms with Gasteiger partial charge in [-0.05, 0) is 60.9 Å². The number of anilines is 1. The smallest absolute Gasteiger partial charge is 0.336 e. The van der Waals surface area contributed by atoms with E-state index in [2.05, 4.69) is 5.32 Å². The number of hydrogen-bond donors (Lipinski definition) is 1. The Morgan fingerprint density at radius 2 is 1.93 bits per heavy atom. The van der Waals surface area contributed by atoms with Crippen LogP contribution in [0.5, 0.6) is 0 Å². The zero-order chi connectivity index (χ0) is 19.6. The summed E-state index contributed by atoms with van der Waals surface area (Å²) in [5.74, 6) is -0.102. The molecule has 140 valence electrons. The van der Waals surface area contributed by atoms with Crippen LogP contribution in [-0.2, 0) is 10.5 Å². The summed E-state index contributed by atoms with van der Waals surface area (Å²) >= 11 is 7.08. The van der Waals surface area contributed by atoms with E-state index in [4.69, 9.17) is 16.0 Å². The molecule has 0 aliphatic heterocycles. The van der Waals surface area contributed by atoms with Crippen molar-refractivity contribution in [3.63, 3.8) is 0 Å². The molecule has 1 N–H and O–H groups in total. The minimum atomic E-state index is -0.538. The van der Waals surface area contributed by atoms with Gasteiger partial charge in [-0.1, -0.05) is 11.6 Å². The Bertz CT molecular complexity index is 1080. The molecule has 1 amide bonds. The van der Waals surface area contributed by atoms with Crippen molar-refractivity contribution in [2.24, 2.45) is 0 Å². The number of benzene rings is 2. The number of rotatable bonds is 5. The monoisotopic (exact) mass is 405 g/mol. The predicted octanol–water partition coefficient (Wildman–Crippen LogP) is 5.07. The second-order valence-corrected chi connectivity index (χ2v) is 7.59. The molecule has 0 atom stereocenters. The van der Waals surface area contributed by atoms with E-state index >= 15 is 0 Å². The van der Waals surface area contributed by atoms with Crippen LogP contribution in [0.25, 0.3) is 11.0 Å². The molecule has 0 bridgehead atoms. The summed E-state index contributed by atoms with van der Waals surface area (Å²) in [6.07, 6.45) is 0. The van der Waals surface area contributed by atoms with Gasteiger partial charge in [0, 0.05) is 22.9 Å². The average Bonchev–Trinajstić information content (AvgIpc) is 2.60. The summed E-state index contributed by atoms with van der Waals surface area (Å²) in [5.41, 5.74) is 3.55. The highest BCUT2D eigenvalue weighted by atomic mass is 35.5. The lowest BCUT2D eigenvalue weighted by molar-refractivity contribution is -0.113. The molecule has 0 unspecified atom stereocenters. The maximum Gasteiger partial charge on any atom is 0.336 e. The van der Waals surface area contributed by atoms with E-state index in [1.54, 1.807) is 0 Å². The van der Waals surface area contributed by atoms with Crippen molar-refractivity contribution in [3.8, 4) is 0 Å². The predicted molar refractivity (Wildman–Crippen MR) is 108 cm³/mol. The molecule has 3 rings (SSSR count). The van der Waals surface area contributed by atoms with Crippen molar-refractivity contribution in [1.29, 1.82) is 0 Å². The number of aryl methyl sites for hydroxylation is 2. The standard InChI is InChI=1S/C20H17ClFNO3S/c1-11-5-15-13(7-20(25)26-18(15)6-12(11)2)9-27-10-19(24)23-14-3-4-17(22)16(21)8-14/h3-8H,9-10H2,1-2H3,(H,23,24). The second kappa shape index (κ2) is 8.15. The normalized spacial score (nSPS) is 11.0. The molecule has 0 radical (unpaired) electrons. The van der Waals surface area contributed by atoms with E-state index in [0.29, 0.717) is 17.0 Å². The summed E-state index contributed by atoms with van der Waals surface area (Å²) in [6.45, 7) is 3.96. The molecule has 0 aliphatic carbocycles. The number of carbonyl (C=O) groups is 1. The molecule has 7 heteroatoms. The SMILES string of the molecule is Cc1cc2oc(=O)cc(CSCC(=O)Nc3ccc(F)c(Cl)c3)c2cc1C. The third-order valence-electron chi connectivity index (χ3n) is 4.14. The Balaban J connectivity index is 1.68. The van der Waals surface area contributed by atoms with Gasteiger partial charge < -0.3 is 9.73 Å². The van der Waals surface area contributed by atoms with Crippen LogP contribution in [0, 0.1) is 19.7 Å². The fourth-order valence-corrected chi connectivity index (χ4v) is 3.63. The van der Waals surface area contributed by atoms with Gasteiger partial charge in [0.1, 0.15) is 11.4 Å². The molecule has 2 aromatic carbocycles. The molecule has 1 heterocycles. The lowest BCUT2D eigenvalue weighted by atomic mass is 10.0. The highest BCUT2D eigenvalue weighted by Gasteiger charge is 2.10. The Labute approximate surface area is 164 Å². The number of hydrogen-bond acceptors (Lipinski definition) is 4. The second-order valence-electron chi connectivity index (χ2n) is 6.19. The Morgan fingerprint density at radius 1 is 1.19 bits per heavy atom. The van der Waals surface area contributed by atoms with Crippen molar-refractivity contribution in [3.05, 3.63) is 74.3 Å². The molecular weight excluding hydrogens is 389 g/mol. The van der Waals surface area contributed by atoms with Gasteiger partial charge in [0.2, 0.25) is 5.91 Å². The molecule has 0 spiro atoms. The van der Waals surface area contributed by atoms with Crippen LogP contribution in [0.2, 0.25) is 5.02 Å². The Hall–Kier alpha value is -2.31. The van der Waals surface area contributed by atoms with E-state index < -0.39 is 11.4 Å². The van der Waals surface area contributed by atoms with E-state index in [0.717, 1.165) is 22.1 Å². The van der Waals surface area contributed by atoms with Crippen LogP contribution in [-0.4, -0.2) is 11.7 Å². The van der Waals surface area contributed by atoms with Crippen LogP contribution >= 0.6 is 23.4 Å². The van der Waals surface area contributed by atoms with Crippen LogP contribution in [0.1, 0.15) is 16.7 Å². The van der Waals surface area contributed by atoms with Crippen LogP contribution in [0.15, 0.2) is 45.6 Å². The molecule has 0 saturated heterocycles. The topological polar surface area (TPSA) is 59.3 Å². The fourth-order valence-electron chi connectivity index (χ4n) is 2.63. The van der Waals surface area contributed by atoms with Gasteiger partial charge >= 0.3 is 5.63 Å². The van der Waals surface area contributed by atoms with E-state index in [1.807, 2.05) is 26.0 Å². The third-order valence-corrected chi connectivity index (χ3v) is 5.41. The van der Waals surface area contributed by atoms with Crippen molar-refractivity contribution in [2.45, 2.75) is 19.6 Å². The first-order valence-corrected chi connectivity index (χ1v) is 9.73. The van der Waals surface area contributed by atoms with Gasteiger partial charge in [-0.25, -0.2) is 9.18 Å². The maximum atomic E-state index is 13.2. The maximum absolute atomic E-state index is 13.2. The van der Waals surface area contributed by atoms with E-state index in [9.17, 15) is 14.0 Å². The largest absolute Gasteiger partial charge is 0.423 e. The molecule has 0 aliphatic rings. The van der Waals surface area contributed by atoms with Crippen LogP contribution < -0.4 is 10.9 Å². The minimum Gasteiger partial charge on any atom is -0.423 e. The Morgan fingerprint density at radius 3 is 2.67 bits per heavy atom. The number of carbonyl (C=O) groups excluding carboxylic acids is 1. The fraction of sp³-hybridized carbons (Fsp3) is 0.200. The minimum absolute atomic E-state index is 0.0476. The first-order chi connectivity index (χ1) is 12.8. The van der Waals surface area contributed by atoms with Gasteiger partial charge in [0.25, 0.3) is 0 Å². The van der Waals surface area contributed by atoms with Gasteiger partial charge in [-0.3, -0.25) is 4.79 Å². The number of amides is 1. The summed E-state index contributed by atoms with van der Waals surface area (Å²) < 4.78 is 18.4. The summed E-state index contributed by atoms with van der Waals surface area (Å²) in [5, 5.41) is 3.49. The molecule has 4 nitrogen and oxygen atoms in total. The van der Waals surface area contributed by atoms with Gasteiger partial charge in [0.05, 0.1) is 10.8 Å². The highest BCUT2D eigenvalue weighted by molar-refractivity contribution is 7.99. The van der Waals surface area contributed by atoms with Crippen LogP contribution in [0.3, 0.4) is 0 Å². The first-order valence-electron chi connectivity index (χ1n) is 8.20. The summed E-state index contributed by atoms with van der Waals surface area (Å²) in [4.78, 5) is 23.9. The van der Waals surface area contributed by atoms with Gasteiger partial charge in [-0.2, -0.15) is 0 Å². The highest BCUT2D eigenvalue weighted by Crippen LogP contribution is 2.25. The van der Waals surface area contributed by atoms with Crippen molar-refractivity contribution >= 4 is 45.9 Å². The number of nitrogens with one attached hydrogen (secondary N) is 1. The molecule has 1 aromatic heterocycles. The number of halogens is 2. The average molecular weight is 406 g/mol. The van der Waals surface area contributed by atoms with Gasteiger partial charge in [0.15, 0.2) is 0 Å². The zero-order valence-corrected chi connectivity index (χ0v) is 16.3. The summed E-state index contributed by atoms with van der Waals surface area (Å²) in [6, 6.07) is 9.31. The lowest BCUT2D eigenvalue weighted by Gasteiger charge is -2.09. The third kappa shape index (κ3) is 4.70. The van der Waals surface area contributed by atoms with E-state index in [-0.39, 0.29) is 16.7 Å². The Kier molecular flexibility index (Phi) is 5.87. The van der Waals surface area contributed by atoms with Crippen molar-refractivity contribution in [2.75, 3.05) is 11.1 Å². The molecule has 3 aromatic rings. The molecule has 0 fully saturated rings.